The van der Waals surface area contributed by atoms with Crippen LogP contribution in [0.2, 0.25) is 0 Å². The highest BCUT2D eigenvalue weighted by Gasteiger charge is 2.07. The zero-order chi connectivity index (χ0) is 13.5. The largest absolute Gasteiger partial charge is 0.464 e. The van der Waals surface area contributed by atoms with E-state index in [-0.39, 0.29) is 12.5 Å². The molecule has 0 saturated carbocycles. The van der Waals surface area contributed by atoms with Crippen molar-refractivity contribution in [1.29, 1.82) is 0 Å². The van der Waals surface area contributed by atoms with Gasteiger partial charge in [-0.3, -0.25) is 4.79 Å². The molecule has 2 aromatic rings. The highest BCUT2D eigenvalue weighted by molar-refractivity contribution is 5.69. The fourth-order valence-electron chi connectivity index (χ4n) is 1.63. The zero-order valence-electron chi connectivity index (χ0n) is 11.0. The van der Waals surface area contributed by atoms with Crippen LogP contribution in [0.1, 0.15) is 19.8 Å². The summed E-state index contributed by atoms with van der Waals surface area (Å²) in [4.78, 5) is 11.5. The quantitative estimate of drug-likeness (QED) is 0.590. The second kappa shape index (κ2) is 6.68. The van der Waals surface area contributed by atoms with Crippen molar-refractivity contribution in [3.05, 3.63) is 36.5 Å². The van der Waals surface area contributed by atoms with E-state index in [2.05, 4.69) is 17.2 Å². The van der Waals surface area contributed by atoms with Gasteiger partial charge in [-0.1, -0.05) is 48.9 Å². The number of carbonyl (C=O) groups excluding carboxylic acids is 1. The molecule has 0 bridgehead atoms. The lowest BCUT2D eigenvalue weighted by atomic mass is 10.2. The molecule has 0 aliphatic carbocycles. The highest BCUT2D eigenvalue weighted by atomic mass is 16.5. The van der Waals surface area contributed by atoms with E-state index in [0.717, 1.165) is 24.1 Å². The van der Waals surface area contributed by atoms with Gasteiger partial charge in [0.05, 0.1) is 12.8 Å². The molecule has 0 N–H and O–H groups in total. The zero-order valence-corrected chi connectivity index (χ0v) is 11.0. The van der Waals surface area contributed by atoms with Gasteiger partial charge < -0.3 is 4.74 Å². The fraction of sp³-hybridized carbons (Fsp3) is 0.357. The number of unbranched alkanes of at least 4 members (excludes halogenated alkanes) is 1. The van der Waals surface area contributed by atoms with Crippen LogP contribution in [0.4, 0.5) is 0 Å². The van der Waals surface area contributed by atoms with Crippen LogP contribution >= 0.6 is 0 Å². The Bertz CT molecular complexity index is 522. The molecule has 0 aliphatic heterocycles. The molecule has 0 amide bonds. The Hall–Kier alpha value is -2.17. The van der Waals surface area contributed by atoms with Gasteiger partial charge in [-0.2, -0.15) is 0 Å². The van der Waals surface area contributed by atoms with Crippen molar-refractivity contribution in [3.8, 4) is 11.3 Å². The summed E-state index contributed by atoms with van der Waals surface area (Å²) in [5.41, 5.74) is 1.73. The Kier molecular flexibility index (Phi) is 4.66. The molecule has 1 aromatic heterocycles. The third-order valence-corrected chi connectivity index (χ3v) is 2.66. The molecule has 0 atom stereocenters. The SMILES string of the molecule is CCCCOC(=O)Cn1cc(-c2ccccc2)nn1. The average molecular weight is 259 g/mol. The normalized spacial score (nSPS) is 10.4. The van der Waals surface area contributed by atoms with Gasteiger partial charge in [0.15, 0.2) is 0 Å². The van der Waals surface area contributed by atoms with Crippen molar-refractivity contribution in [2.45, 2.75) is 26.3 Å². The first kappa shape index (κ1) is 13.3. The number of esters is 1. The van der Waals surface area contributed by atoms with E-state index in [4.69, 9.17) is 4.74 Å². The minimum absolute atomic E-state index is 0.101. The van der Waals surface area contributed by atoms with Crippen LogP contribution in [0.5, 0.6) is 0 Å². The van der Waals surface area contributed by atoms with Crippen LogP contribution in [0.3, 0.4) is 0 Å². The molecule has 0 radical (unpaired) electrons. The lowest BCUT2D eigenvalue weighted by molar-refractivity contribution is -0.144. The van der Waals surface area contributed by atoms with E-state index in [1.165, 1.54) is 4.68 Å². The summed E-state index contributed by atoms with van der Waals surface area (Å²) in [6.45, 7) is 2.62. The number of aromatic nitrogens is 3. The van der Waals surface area contributed by atoms with Crippen molar-refractivity contribution in [2.75, 3.05) is 6.61 Å². The van der Waals surface area contributed by atoms with E-state index < -0.39 is 0 Å². The Morgan fingerprint density at radius 2 is 2.11 bits per heavy atom. The second-order valence-electron chi connectivity index (χ2n) is 4.24. The van der Waals surface area contributed by atoms with Gasteiger partial charge >= 0.3 is 5.97 Å². The summed E-state index contributed by atoms with van der Waals surface area (Å²) in [6.07, 6.45) is 3.64. The number of hydrogen-bond acceptors (Lipinski definition) is 4. The number of nitrogens with zero attached hydrogens (tertiary/aromatic N) is 3. The molecule has 19 heavy (non-hydrogen) atoms. The van der Waals surface area contributed by atoms with Gasteiger partial charge in [0.25, 0.3) is 0 Å². The van der Waals surface area contributed by atoms with Crippen molar-refractivity contribution in [3.63, 3.8) is 0 Å². The van der Waals surface area contributed by atoms with Crippen LogP contribution in [-0.4, -0.2) is 27.6 Å². The Morgan fingerprint density at radius 3 is 2.84 bits per heavy atom. The van der Waals surface area contributed by atoms with Gasteiger partial charge in [0.2, 0.25) is 0 Å². The Morgan fingerprint density at radius 1 is 1.32 bits per heavy atom. The molecular formula is C14H17N3O2. The van der Waals surface area contributed by atoms with Gasteiger partial charge in [0, 0.05) is 5.56 Å². The maximum Gasteiger partial charge on any atom is 0.327 e. The first-order chi connectivity index (χ1) is 9.29. The van der Waals surface area contributed by atoms with E-state index in [9.17, 15) is 4.79 Å². The minimum Gasteiger partial charge on any atom is -0.464 e. The van der Waals surface area contributed by atoms with Crippen LogP contribution in [0.15, 0.2) is 36.5 Å². The van der Waals surface area contributed by atoms with Crippen LogP contribution < -0.4 is 0 Å². The molecule has 5 nitrogen and oxygen atoms in total. The van der Waals surface area contributed by atoms with Crippen LogP contribution in [0, 0.1) is 0 Å². The molecule has 1 aromatic carbocycles. The van der Waals surface area contributed by atoms with E-state index >= 15 is 0 Å². The Labute approximate surface area is 112 Å². The third kappa shape index (κ3) is 3.91. The molecular weight excluding hydrogens is 242 g/mol. The molecule has 1 heterocycles. The van der Waals surface area contributed by atoms with E-state index in [0.29, 0.717) is 6.61 Å². The van der Waals surface area contributed by atoms with Crippen molar-refractivity contribution < 1.29 is 9.53 Å². The molecule has 0 unspecified atom stereocenters. The monoisotopic (exact) mass is 259 g/mol. The summed E-state index contributed by atoms with van der Waals surface area (Å²) in [5, 5.41) is 7.97. The van der Waals surface area contributed by atoms with E-state index in [1.807, 2.05) is 30.3 Å². The predicted molar refractivity (Wildman–Crippen MR) is 71.3 cm³/mol. The van der Waals surface area contributed by atoms with Crippen LogP contribution in [-0.2, 0) is 16.1 Å². The van der Waals surface area contributed by atoms with Crippen LogP contribution in [0.25, 0.3) is 11.3 Å². The van der Waals surface area contributed by atoms with Gasteiger partial charge in [-0.05, 0) is 6.42 Å². The fourth-order valence-corrected chi connectivity index (χ4v) is 1.63. The third-order valence-electron chi connectivity index (χ3n) is 2.66. The molecule has 2 rings (SSSR count). The highest BCUT2D eigenvalue weighted by Crippen LogP contribution is 2.14. The number of carbonyl (C=O) groups is 1. The molecule has 0 aliphatic rings. The van der Waals surface area contributed by atoms with Gasteiger partial charge in [-0.15, -0.1) is 5.10 Å². The first-order valence-corrected chi connectivity index (χ1v) is 6.40. The molecule has 0 saturated heterocycles. The van der Waals surface area contributed by atoms with Crippen molar-refractivity contribution >= 4 is 5.97 Å². The number of rotatable bonds is 6. The number of hydrogen-bond donors (Lipinski definition) is 0. The van der Waals surface area contributed by atoms with E-state index in [1.54, 1.807) is 6.20 Å². The summed E-state index contributed by atoms with van der Waals surface area (Å²) in [7, 11) is 0. The standard InChI is InChI=1S/C14H17N3O2/c1-2-3-9-19-14(18)11-17-10-13(15-16-17)12-7-5-4-6-8-12/h4-8,10H,2-3,9,11H2,1H3. The summed E-state index contributed by atoms with van der Waals surface area (Å²) in [5.74, 6) is -0.280. The topological polar surface area (TPSA) is 57.0 Å². The minimum atomic E-state index is -0.280. The lowest BCUT2D eigenvalue weighted by Crippen LogP contribution is -2.14. The summed E-state index contributed by atoms with van der Waals surface area (Å²) >= 11 is 0. The van der Waals surface area contributed by atoms with Crippen molar-refractivity contribution in [1.82, 2.24) is 15.0 Å². The molecule has 0 fully saturated rings. The number of ether oxygens (including phenoxy) is 1. The number of benzene rings is 1. The van der Waals surface area contributed by atoms with Gasteiger partial charge in [-0.25, -0.2) is 4.68 Å². The molecule has 0 spiro atoms. The summed E-state index contributed by atoms with van der Waals surface area (Å²) in [6, 6.07) is 9.72. The predicted octanol–water partition coefficient (Wildman–Crippen LogP) is 2.29. The lowest BCUT2D eigenvalue weighted by Gasteiger charge is -2.02. The smallest absolute Gasteiger partial charge is 0.327 e. The maximum atomic E-state index is 11.5. The second-order valence-corrected chi connectivity index (χ2v) is 4.24. The average Bonchev–Trinajstić information content (AvgIpc) is 2.88. The summed E-state index contributed by atoms with van der Waals surface area (Å²) < 4.78 is 6.57. The van der Waals surface area contributed by atoms with Crippen molar-refractivity contribution in [2.24, 2.45) is 0 Å². The maximum absolute atomic E-state index is 11.5. The molecule has 100 valence electrons. The molecule has 5 heteroatoms. The first-order valence-electron chi connectivity index (χ1n) is 6.40. The Balaban J connectivity index is 1.93. The van der Waals surface area contributed by atoms with Gasteiger partial charge in [0.1, 0.15) is 12.2 Å².